The molecule has 1 aliphatic heterocycles. The molecule has 1 aromatic heterocycles. The number of ether oxygens (including phenoxy) is 1. The summed E-state index contributed by atoms with van der Waals surface area (Å²) < 4.78 is 4.88. The highest BCUT2D eigenvalue weighted by atomic mass is 35.5. The number of nitrogens with two attached hydrogens (primary N) is 1. The highest BCUT2D eigenvalue weighted by molar-refractivity contribution is 5.87. The topological polar surface area (TPSA) is 86.2 Å². The number of piperazine rings is 1. The highest BCUT2D eigenvalue weighted by Crippen LogP contribution is 2.17. The molecule has 2 aromatic rings. The first-order valence-corrected chi connectivity index (χ1v) is 9.03. The number of nitrogens with zero attached hydrogens (tertiary/aromatic N) is 1. The monoisotopic (exact) mass is 427 g/mol. The van der Waals surface area contributed by atoms with Crippen molar-refractivity contribution in [2.45, 2.75) is 13.5 Å². The molecule has 9 heteroatoms. The molecule has 1 saturated heterocycles. The minimum Gasteiger partial charge on any atom is -1.00 e. The van der Waals surface area contributed by atoms with Crippen LogP contribution in [0, 0.1) is 0 Å². The number of carbonyl (C=O) groups is 1. The number of rotatable bonds is 5. The van der Waals surface area contributed by atoms with Gasteiger partial charge < -0.3 is 40.2 Å². The fourth-order valence-electron chi connectivity index (χ4n) is 3.19. The average molecular weight is 428 g/mol. The summed E-state index contributed by atoms with van der Waals surface area (Å²) in [6.07, 6.45) is -0.501. The number of carbonyl (C=O) groups excluding carboxylic acids is 1. The Hall–Kier alpha value is -2.22. The molecule has 0 radical (unpaired) electrons. The molecule has 1 aliphatic rings. The number of quaternary nitrogens is 1. The van der Waals surface area contributed by atoms with E-state index >= 15 is 0 Å². The van der Waals surface area contributed by atoms with E-state index in [1.54, 1.807) is 17.9 Å². The number of nitrogen functional groups attached to an aromatic ring is 1. The third-order valence-corrected chi connectivity index (χ3v) is 4.58. The first-order valence-electron chi connectivity index (χ1n) is 9.03. The van der Waals surface area contributed by atoms with Crippen molar-refractivity contribution < 1.29 is 44.2 Å². The number of pyridine rings is 1. The minimum atomic E-state index is -0.501. The van der Waals surface area contributed by atoms with Crippen LogP contribution >= 0.6 is 0 Å². The summed E-state index contributed by atoms with van der Waals surface area (Å²) in [5, 5.41) is 2.64. The van der Waals surface area contributed by atoms with Crippen LogP contribution in [0.1, 0.15) is 12.5 Å². The number of aromatic amines is 1. The molecule has 0 atom stereocenters. The Morgan fingerprint density at radius 1 is 1.18 bits per heavy atom. The lowest BCUT2D eigenvalue weighted by Crippen LogP contribution is -3.13. The van der Waals surface area contributed by atoms with E-state index in [1.165, 1.54) is 5.56 Å². The molecule has 3 rings (SSSR count). The maximum Gasteiger partial charge on any atom is 0.411 e. The number of amides is 1. The summed E-state index contributed by atoms with van der Waals surface area (Å²) in [7, 11) is 0. The van der Waals surface area contributed by atoms with Crippen molar-refractivity contribution in [2.75, 3.05) is 48.7 Å². The van der Waals surface area contributed by atoms with Gasteiger partial charge in [-0.2, -0.15) is 0 Å². The summed E-state index contributed by atoms with van der Waals surface area (Å²) in [6.45, 7) is 7.21. The first kappa shape index (κ1) is 23.8. The van der Waals surface area contributed by atoms with Crippen LogP contribution in [0.3, 0.4) is 0 Å². The predicted octanol–water partition coefficient (Wildman–Crippen LogP) is -5.44. The van der Waals surface area contributed by atoms with Crippen LogP contribution < -0.4 is 50.6 Å². The highest BCUT2D eigenvalue weighted by Gasteiger charge is 2.25. The molecular weight excluding hydrogens is 401 g/mol. The number of H-pyrrole nitrogens is 1. The zero-order valence-electron chi connectivity index (χ0n) is 15.9. The Morgan fingerprint density at radius 3 is 2.46 bits per heavy atom. The van der Waals surface area contributed by atoms with E-state index in [0.29, 0.717) is 18.1 Å². The third-order valence-electron chi connectivity index (χ3n) is 4.58. The molecule has 154 valence electrons. The molecule has 0 unspecified atom stereocenters. The molecule has 1 amide bonds. The molecule has 1 aromatic carbocycles. The Kier molecular flexibility index (Phi) is 9.85. The normalized spacial score (nSPS) is 13.8. The van der Waals surface area contributed by atoms with E-state index in [9.17, 15) is 4.79 Å². The summed E-state index contributed by atoms with van der Waals surface area (Å²) in [5.74, 6) is 1.39. The van der Waals surface area contributed by atoms with Crippen molar-refractivity contribution >= 4 is 23.4 Å². The SMILES string of the molecule is CCOC(=O)Nc1ccc(N2CC[NH+](Cc3ccccc3)CC2)[nH+]c1N.[Cl-].[Cl-]. The maximum absolute atomic E-state index is 11.5. The molecule has 1 fully saturated rings. The largest absolute Gasteiger partial charge is 1.00 e. The number of hydrogen-bond donors (Lipinski definition) is 3. The Bertz CT molecular complexity index is 740. The van der Waals surface area contributed by atoms with Gasteiger partial charge in [-0.3, -0.25) is 10.2 Å². The number of halogens is 2. The van der Waals surface area contributed by atoms with E-state index in [2.05, 4.69) is 45.5 Å². The molecule has 5 N–H and O–H groups in total. The lowest BCUT2D eigenvalue weighted by molar-refractivity contribution is -0.914. The second kappa shape index (κ2) is 11.6. The third kappa shape index (κ3) is 6.44. The van der Waals surface area contributed by atoms with E-state index in [0.717, 1.165) is 38.5 Å². The van der Waals surface area contributed by atoms with Gasteiger partial charge in [-0.05, 0) is 13.0 Å². The number of aromatic nitrogens is 1. The Balaban J connectivity index is 0.00000196. The summed E-state index contributed by atoms with van der Waals surface area (Å²) in [4.78, 5) is 18.6. The van der Waals surface area contributed by atoms with Crippen molar-refractivity contribution in [3.63, 3.8) is 0 Å². The van der Waals surface area contributed by atoms with Crippen molar-refractivity contribution in [3.05, 3.63) is 48.0 Å². The molecule has 2 heterocycles. The number of anilines is 3. The quantitative estimate of drug-likeness (QED) is 0.444. The molecule has 0 aliphatic carbocycles. The van der Waals surface area contributed by atoms with E-state index in [-0.39, 0.29) is 24.8 Å². The molecule has 7 nitrogen and oxygen atoms in total. The predicted molar refractivity (Wildman–Crippen MR) is 101 cm³/mol. The van der Waals surface area contributed by atoms with Gasteiger partial charge in [0.15, 0.2) is 0 Å². The van der Waals surface area contributed by atoms with E-state index in [1.807, 2.05) is 6.07 Å². The van der Waals surface area contributed by atoms with Gasteiger partial charge in [-0.25, -0.2) is 9.78 Å². The van der Waals surface area contributed by atoms with Gasteiger partial charge in [0.2, 0.25) is 11.6 Å². The van der Waals surface area contributed by atoms with Crippen LogP contribution in [0.25, 0.3) is 0 Å². The Morgan fingerprint density at radius 2 is 1.86 bits per heavy atom. The lowest BCUT2D eigenvalue weighted by Gasteiger charge is -2.30. The van der Waals surface area contributed by atoms with E-state index in [4.69, 9.17) is 10.5 Å². The zero-order chi connectivity index (χ0) is 18.4. The van der Waals surface area contributed by atoms with Crippen molar-refractivity contribution in [1.82, 2.24) is 0 Å². The fourth-order valence-corrected chi connectivity index (χ4v) is 3.19. The second-order valence-electron chi connectivity index (χ2n) is 6.42. The van der Waals surface area contributed by atoms with Crippen molar-refractivity contribution in [1.29, 1.82) is 0 Å². The molecule has 0 saturated carbocycles. The summed E-state index contributed by atoms with van der Waals surface area (Å²) in [6, 6.07) is 14.4. The van der Waals surface area contributed by atoms with Crippen LogP contribution in [0.5, 0.6) is 0 Å². The van der Waals surface area contributed by atoms with Crippen molar-refractivity contribution in [3.8, 4) is 0 Å². The van der Waals surface area contributed by atoms with E-state index < -0.39 is 6.09 Å². The number of hydrogen-bond acceptors (Lipinski definition) is 4. The second-order valence-corrected chi connectivity index (χ2v) is 6.42. The molecular formula is C19H27Cl2N5O2. The maximum atomic E-state index is 11.5. The van der Waals surface area contributed by atoms with Gasteiger partial charge in [-0.15, -0.1) is 0 Å². The summed E-state index contributed by atoms with van der Waals surface area (Å²) in [5.41, 5.74) is 7.95. The van der Waals surface area contributed by atoms with Crippen LogP contribution in [0.2, 0.25) is 0 Å². The summed E-state index contributed by atoms with van der Waals surface area (Å²) >= 11 is 0. The van der Waals surface area contributed by atoms with Crippen LogP contribution in [-0.2, 0) is 11.3 Å². The van der Waals surface area contributed by atoms with Crippen LogP contribution in [0.4, 0.5) is 22.1 Å². The number of nitrogens with one attached hydrogen (secondary N) is 3. The zero-order valence-corrected chi connectivity index (χ0v) is 17.4. The molecule has 0 spiro atoms. The minimum absolute atomic E-state index is 0. The molecule has 28 heavy (non-hydrogen) atoms. The standard InChI is InChI=1S/C19H25N5O2.2ClH/c1-2-26-19(25)21-16-8-9-17(22-18(16)20)24-12-10-23(11-13-24)14-15-6-4-3-5-7-15;;/h3-9H,2,10-14H2,1H3,(H2,20,22)(H,21,25);2*1H. The smallest absolute Gasteiger partial charge is 0.411 e. The van der Waals surface area contributed by atoms with Gasteiger partial charge >= 0.3 is 6.09 Å². The first-order chi connectivity index (χ1) is 12.7. The molecule has 0 bridgehead atoms. The van der Waals surface area contributed by atoms with Crippen LogP contribution in [0.15, 0.2) is 42.5 Å². The number of benzene rings is 1. The fraction of sp³-hybridized carbons (Fsp3) is 0.368. The lowest BCUT2D eigenvalue weighted by atomic mass is 10.2. The van der Waals surface area contributed by atoms with Gasteiger partial charge in [0.05, 0.1) is 6.61 Å². The van der Waals surface area contributed by atoms with Gasteiger partial charge in [0.25, 0.3) is 0 Å². The Labute approximate surface area is 178 Å². The van der Waals surface area contributed by atoms with Crippen molar-refractivity contribution in [2.24, 2.45) is 0 Å². The average Bonchev–Trinajstić information content (AvgIpc) is 2.65. The van der Waals surface area contributed by atoms with Crippen LogP contribution in [-0.4, -0.2) is 38.9 Å². The van der Waals surface area contributed by atoms with Gasteiger partial charge in [0, 0.05) is 11.6 Å². The van der Waals surface area contributed by atoms with Gasteiger partial charge in [-0.1, -0.05) is 30.3 Å². The van der Waals surface area contributed by atoms with Gasteiger partial charge in [0.1, 0.15) is 38.4 Å².